The van der Waals surface area contributed by atoms with Gasteiger partial charge in [0.05, 0.1) is 10.6 Å². The Labute approximate surface area is 130 Å². The third kappa shape index (κ3) is 5.50. The van der Waals surface area contributed by atoms with Gasteiger partial charge in [0.15, 0.2) is 0 Å². The van der Waals surface area contributed by atoms with Crippen LogP contribution < -0.4 is 0 Å². The van der Waals surface area contributed by atoms with Crippen LogP contribution in [0.15, 0.2) is 18.2 Å². The van der Waals surface area contributed by atoms with Crippen LogP contribution in [-0.4, -0.2) is 44.8 Å². The Morgan fingerprint density at radius 3 is 2.45 bits per heavy atom. The van der Waals surface area contributed by atoms with Crippen molar-refractivity contribution < 1.29 is 35.7 Å². The molecule has 0 bridgehead atoms. The van der Waals surface area contributed by atoms with E-state index >= 15 is 0 Å². The van der Waals surface area contributed by atoms with E-state index in [1.54, 1.807) is 13.9 Å². The van der Waals surface area contributed by atoms with E-state index in [1.807, 2.05) is 0 Å². The summed E-state index contributed by atoms with van der Waals surface area (Å²) in [6, 6.07) is 4.16. The normalized spacial score (nSPS) is 13.7. The molecule has 0 aliphatic carbocycles. The first-order valence-corrected chi connectivity index (χ1v) is 7.94. The van der Waals surface area contributed by atoms with Gasteiger partial charge in [0.1, 0.15) is 13.6 Å². The van der Waals surface area contributed by atoms with Gasteiger partial charge in [0.25, 0.3) is 10.1 Å². The minimum atomic E-state index is -5.15. The van der Waals surface area contributed by atoms with Crippen LogP contribution in [0.2, 0.25) is 5.02 Å². The lowest BCUT2D eigenvalue weighted by atomic mass is 9.96. The van der Waals surface area contributed by atoms with Crippen LogP contribution >= 0.6 is 11.6 Å². The molecule has 0 radical (unpaired) electrons. The van der Waals surface area contributed by atoms with Crippen molar-refractivity contribution in [2.75, 3.05) is 5.75 Å². The predicted molar refractivity (Wildman–Crippen MR) is 75.4 cm³/mol. The molecule has 0 heterocycles. The Bertz CT molecular complexity index is 662. The monoisotopic (exact) mass is 358 g/mol. The second kappa shape index (κ2) is 6.88. The molecule has 5 nitrogen and oxygen atoms in total. The van der Waals surface area contributed by atoms with Crippen LogP contribution in [0, 0.1) is 0 Å². The number of carbonyl (C=O) groups excluding carboxylic acids is 1. The maximum atomic E-state index is 12.7. The van der Waals surface area contributed by atoms with E-state index in [4.69, 9.17) is 16.2 Å². The second-order valence-electron chi connectivity index (χ2n) is 4.35. The quantitative estimate of drug-likeness (QED) is 0.489. The van der Waals surface area contributed by atoms with Crippen molar-refractivity contribution in [1.82, 2.24) is 0 Å². The standard InChI is InChI=1S/C11H11BClF3O5S/c12-4-6-1-2-8(13)7(3-6)10(17)21-9(11(14,15)16)5-22(18,19)20/h1-3,9H,4-5,12H2,(H,18,19,20). The largest absolute Gasteiger partial charge is 0.448 e. The molecule has 0 saturated heterocycles. The van der Waals surface area contributed by atoms with Gasteiger partial charge < -0.3 is 4.74 Å². The lowest BCUT2D eigenvalue weighted by Gasteiger charge is -2.19. The third-order valence-corrected chi connectivity index (χ3v) is 3.69. The lowest BCUT2D eigenvalue weighted by Crippen LogP contribution is -2.39. The molecule has 0 amide bonds. The molecule has 1 aromatic carbocycles. The van der Waals surface area contributed by atoms with Gasteiger partial charge in [-0.15, -0.1) is 0 Å². The van der Waals surface area contributed by atoms with Crippen molar-refractivity contribution in [1.29, 1.82) is 0 Å². The minimum absolute atomic E-state index is 0.130. The number of carbonyl (C=O) groups is 1. The van der Waals surface area contributed by atoms with E-state index in [9.17, 15) is 26.4 Å². The van der Waals surface area contributed by atoms with Gasteiger partial charge >= 0.3 is 12.1 Å². The van der Waals surface area contributed by atoms with Crippen molar-refractivity contribution in [3.8, 4) is 0 Å². The summed E-state index contributed by atoms with van der Waals surface area (Å²) in [5.41, 5.74) is 0.320. The van der Waals surface area contributed by atoms with Gasteiger partial charge in [-0.3, -0.25) is 4.55 Å². The number of rotatable bonds is 5. The minimum Gasteiger partial charge on any atom is -0.448 e. The van der Waals surface area contributed by atoms with Crippen molar-refractivity contribution in [3.63, 3.8) is 0 Å². The lowest BCUT2D eigenvalue weighted by molar-refractivity contribution is -0.197. The Balaban J connectivity index is 3.06. The number of benzene rings is 1. The van der Waals surface area contributed by atoms with Gasteiger partial charge in [-0.1, -0.05) is 29.6 Å². The zero-order valence-corrected chi connectivity index (χ0v) is 12.8. The van der Waals surface area contributed by atoms with E-state index < -0.39 is 34.1 Å². The van der Waals surface area contributed by atoms with Crippen molar-refractivity contribution in [3.05, 3.63) is 34.3 Å². The summed E-state index contributed by atoms with van der Waals surface area (Å²) in [5.74, 6) is -3.21. The van der Waals surface area contributed by atoms with E-state index in [-0.39, 0.29) is 10.6 Å². The van der Waals surface area contributed by atoms with Gasteiger partial charge in [-0.2, -0.15) is 21.6 Å². The van der Waals surface area contributed by atoms with Crippen molar-refractivity contribution in [2.24, 2.45) is 0 Å². The zero-order valence-electron chi connectivity index (χ0n) is 11.2. The number of ether oxygens (including phenoxy) is 1. The molecule has 0 fully saturated rings. The SMILES string of the molecule is BCc1ccc(Cl)c(C(=O)OC(CS(=O)(=O)O)C(F)(F)F)c1. The number of hydrogen-bond donors (Lipinski definition) is 1. The second-order valence-corrected chi connectivity index (χ2v) is 6.26. The maximum absolute atomic E-state index is 12.7. The molecule has 0 spiro atoms. The van der Waals surface area contributed by atoms with Crippen LogP contribution in [0.25, 0.3) is 0 Å². The summed E-state index contributed by atoms with van der Waals surface area (Å²) in [5, 5.41) is -0.130. The van der Waals surface area contributed by atoms with Gasteiger partial charge in [-0.25, -0.2) is 4.79 Å². The van der Waals surface area contributed by atoms with Crippen molar-refractivity contribution in [2.45, 2.75) is 18.6 Å². The fourth-order valence-corrected chi connectivity index (χ4v) is 2.36. The number of alkyl halides is 3. The van der Waals surface area contributed by atoms with Crippen LogP contribution in [0.4, 0.5) is 13.2 Å². The molecule has 1 atom stereocenters. The molecule has 0 aliphatic rings. The number of esters is 1. The first kappa shape index (κ1) is 18.8. The highest BCUT2D eigenvalue weighted by molar-refractivity contribution is 7.85. The topological polar surface area (TPSA) is 80.7 Å². The Morgan fingerprint density at radius 1 is 1.41 bits per heavy atom. The Hall–Kier alpha value is -1.26. The van der Waals surface area contributed by atoms with Gasteiger partial charge in [-0.05, 0) is 12.1 Å². The molecule has 1 aromatic rings. The molecule has 0 saturated carbocycles. The van der Waals surface area contributed by atoms with Crippen LogP contribution in [0.1, 0.15) is 15.9 Å². The molecule has 0 aliphatic heterocycles. The fraction of sp³-hybridized carbons (Fsp3) is 0.364. The van der Waals surface area contributed by atoms with E-state index in [0.29, 0.717) is 11.9 Å². The summed E-state index contributed by atoms with van der Waals surface area (Å²) >= 11 is 5.73. The summed E-state index contributed by atoms with van der Waals surface area (Å²) in [6.45, 7) is 0. The molecule has 0 aromatic heterocycles. The van der Waals surface area contributed by atoms with E-state index in [1.165, 1.54) is 12.1 Å². The average Bonchev–Trinajstić information content (AvgIpc) is 2.35. The summed E-state index contributed by atoms with van der Waals surface area (Å²) in [7, 11) is -3.23. The van der Waals surface area contributed by atoms with Crippen LogP contribution in [0.3, 0.4) is 0 Å². The molecule has 1 unspecified atom stereocenters. The summed E-state index contributed by atoms with van der Waals surface area (Å²) in [4.78, 5) is 11.8. The summed E-state index contributed by atoms with van der Waals surface area (Å²) < 4.78 is 72.0. The molecular formula is C11H11BClF3O5S. The Kier molecular flexibility index (Phi) is 5.88. The predicted octanol–water partition coefficient (Wildman–Crippen LogP) is 1.45. The van der Waals surface area contributed by atoms with Crippen molar-refractivity contribution >= 4 is 35.5 Å². The highest BCUT2D eigenvalue weighted by Crippen LogP contribution is 2.26. The first-order chi connectivity index (χ1) is 9.94. The first-order valence-electron chi connectivity index (χ1n) is 5.95. The molecule has 11 heteroatoms. The van der Waals surface area contributed by atoms with E-state index in [2.05, 4.69) is 4.74 Å². The highest BCUT2D eigenvalue weighted by Gasteiger charge is 2.45. The van der Waals surface area contributed by atoms with E-state index in [0.717, 1.165) is 0 Å². The Morgan fingerprint density at radius 2 is 2.00 bits per heavy atom. The summed E-state index contributed by atoms with van der Waals surface area (Å²) in [6.07, 6.45) is -7.64. The molecule has 1 N–H and O–H groups in total. The van der Waals surface area contributed by atoms with Gasteiger partial charge in [0.2, 0.25) is 6.10 Å². The maximum Gasteiger partial charge on any atom is 0.426 e. The number of halogens is 4. The number of hydrogen-bond acceptors (Lipinski definition) is 4. The molecule has 1 rings (SSSR count). The fourth-order valence-electron chi connectivity index (χ4n) is 1.53. The molecule has 22 heavy (non-hydrogen) atoms. The smallest absolute Gasteiger partial charge is 0.426 e. The highest BCUT2D eigenvalue weighted by atomic mass is 35.5. The molecule has 122 valence electrons. The average molecular weight is 359 g/mol. The third-order valence-electron chi connectivity index (χ3n) is 2.64. The zero-order chi connectivity index (χ0) is 17.1. The van der Waals surface area contributed by atoms with Gasteiger partial charge in [0, 0.05) is 0 Å². The van der Waals surface area contributed by atoms with Crippen LogP contribution in [0.5, 0.6) is 0 Å². The molecular weight excluding hydrogens is 347 g/mol. The van der Waals surface area contributed by atoms with Crippen LogP contribution in [-0.2, 0) is 21.2 Å².